The van der Waals surface area contributed by atoms with E-state index in [4.69, 9.17) is 11.6 Å². The second-order valence-corrected chi connectivity index (χ2v) is 10.9. The van der Waals surface area contributed by atoms with Crippen LogP contribution in [0.2, 0.25) is 5.02 Å². The lowest BCUT2D eigenvalue weighted by Gasteiger charge is -2.22. The number of aromatic nitrogens is 1. The van der Waals surface area contributed by atoms with Crippen LogP contribution in [0, 0.1) is 27.7 Å². The number of sulfonamides is 1. The van der Waals surface area contributed by atoms with Gasteiger partial charge >= 0.3 is 6.18 Å². The first-order valence-corrected chi connectivity index (χ1v) is 13.3. The Bertz CT molecular complexity index is 1460. The molecule has 1 N–H and O–H groups in total. The van der Waals surface area contributed by atoms with Crippen molar-refractivity contribution in [3.63, 3.8) is 0 Å². The molecule has 0 saturated heterocycles. The van der Waals surface area contributed by atoms with Gasteiger partial charge in [0.05, 0.1) is 34.4 Å². The maximum Gasteiger partial charge on any atom is 0.417 e. The van der Waals surface area contributed by atoms with E-state index in [2.05, 4.69) is 15.1 Å². The minimum absolute atomic E-state index is 0.351. The summed E-state index contributed by atoms with van der Waals surface area (Å²) >= 11 is 5.63. The third-order valence-electron chi connectivity index (χ3n) is 5.76. The molecule has 198 valence electrons. The fraction of sp³-hybridized carbons (Fsp3) is 0.280. The van der Waals surface area contributed by atoms with Crippen molar-refractivity contribution in [2.75, 3.05) is 17.1 Å². The Hall–Kier alpha value is -3.31. The summed E-state index contributed by atoms with van der Waals surface area (Å²) in [5.41, 5.74) is 6.48. The monoisotopic (exact) mass is 554 g/mol. The average Bonchev–Trinajstić information content (AvgIpc) is 3.04. The summed E-state index contributed by atoms with van der Waals surface area (Å²) in [5.74, 6) is -0.839. The van der Waals surface area contributed by atoms with Crippen molar-refractivity contribution in [1.29, 1.82) is 0 Å². The van der Waals surface area contributed by atoms with Crippen molar-refractivity contribution < 1.29 is 26.4 Å². The molecule has 0 unspecified atom stereocenters. The van der Waals surface area contributed by atoms with Gasteiger partial charge in [-0.3, -0.25) is 9.10 Å². The quantitative estimate of drug-likeness (QED) is 0.318. The van der Waals surface area contributed by atoms with Crippen molar-refractivity contribution in [3.05, 3.63) is 81.1 Å². The number of rotatable bonds is 7. The van der Waals surface area contributed by atoms with Crippen molar-refractivity contribution in [3.8, 4) is 5.69 Å². The number of alkyl halides is 3. The first-order chi connectivity index (χ1) is 17.1. The van der Waals surface area contributed by atoms with Crippen LogP contribution in [0.1, 0.15) is 33.6 Å². The number of carbonyl (C=O) groups excluding carboxylic acids is 1. The largest absolute Gasteiger partial charge is 0.417 e. The van der Waals surface area contributed by atoms with Crippen LogP contribution in [0.25, 0.3) is 5.69 Å². The molecule has 0 aliphatic heterocycles. The van der Waals surface area contributed by atoms with E-state index in [1.807, 2.05) is 52.0 Å². The molecule has 3 aromatic rings. The second-order valence-electron chi connectivity index (χ2n) is 8.63. The molecule has 7 nitrogen and oxygen atoms in total. The highest BCUT2D eigenvalue weighted by Gasteiger charge is 2.34. The first kappa shape index (κ1) is 28.3. The summed E-state index contributed by atoms with van der Waals surface area (Å²) in [6.07, 6.45) is -2.58. The van der Waals surface area contributed by atoms with E-state index < -0.39 is 39.2 Å². The van der Waals surface area contributed by atoms with Crippen molar-refractivity contribution in [1.82, 2.24) is 9.99 Å². The molecule has 0 aliphatic rings. The summed E-state index contributed by atoms with van der Waals surface area (Å²) in [6.45, 7) is 7.10. The van der Waals surface area contributed by atoms with Crippen LogP contribution >= 0.6 is 11.6 Å². The van der Waals surface area contributed by atoms with E-state index >= 15 is 0 Å². The third kappa shape index (κ3) is 6.34. The van der Waals surface area contributed by atoms with E-state index in [-0.39, 0.29) is 5.69 Å². The highest BCUT2D eigenvalue weighted by molar-refractivity contribution is 7.92. The smallest absolute Gasteiger partial charge is 0.317 e. The lowest BCUT2D eigenvalue weighted by atomic mass is 10.1. The molecule has 1 aromatic heterocycles. The van der Waals surface area contributed by atoms with Crippen LogP contribution in [-0.2, 0) is 21.0 Å². The maximum atomic E-state index is 13.2. The lowest BCUT2D eigenvalue weighted by molar-refractivity contribution is -0.137. The topological polar surface area (TPSA) is 83.8 Å². The maximum absolute atomic E-state index is 13.2. The van der Waals surface area contributed by atoms with Crippen LogP contribution in [0.4, 0.5) is 18.9 Å². The zero-order valence-corrected chi connectivity index (χ0v) is 22.4. The van der Waals surface area contributed by atoms with Gasteiger partial charge in [-0.25, -0.2) is 13.8 Å². The predicted molar refractivity (Wildman–Crippen MR) is 139 cm³/mol. The van der Waals surface area contributed by atoms with E-state index in [0.29, 0.717) is 10.4 Å². The molecule has 0 aliphatic carbocycles. The van der Waals surface area contributed by atoms with Gasteiger partial charge in [0.15, 0.2) is 0 Å². The molecule has 0 radical (unpaired) electrons. The van der Waals surface area contributed by atoms with Crippen molar-refractivity contribution >= 4 is 39.4 Å². The van der Waals surface area contributed by atoms with Crippen LogP contribution in [0.15, 0.2) is 47.6 Å². The predicted octanol–water partition coefficient (Wildman–Crippen LogP) is 5.30. The molecule has 3 rings (SSSR count). The number of nitrogens with zero attached hydrogens (tertiary/aromatic N) is 3. The van der Waals surface area contributed by atoms with Gasteiger partial charge in [0.1, 0.15) is 6.54 Å². The van der Waals surface area contributed by atoms with E-state index in [9.17, 15) is 26.4 Å². The molecule has 0 fully saturated rings. The zero-order chi connectivity index (χ0) is 27.7. The van der Waals surface area contributed by atoms with Gasteiger partial charge < -0.3 is 4.57 Å². The number of hydrogen-bond donors (Lipinski definition) is 1. The lowest BCUT2D eigenvalue weighted by Crippen LogP contribution is -2.39. The molecule has 1 heterocycles. The van der Waals surface area contributed by atoms with Crippen LogP contribution in [-0.4, -0.2) is 37.9 Å². The zero-order valence-electron chi connectivity index (χ0n) is 20.8. The number of aryl methyl sites for hydroxylation is 3. The molecule has 0 spiro atoms. The summed E-state index contributed by atoms with van der Waals surface area (Å²) < 4.78 is 66.9. The van der Waals surface area contributed by atoms with Gasteiger partial charge in [0, 0.05) is 17.0 Å². The Labute approximate surface area is 218 Å². The first-order valence-electron chi connectivity index (χ1n) is 11.0. The number of amides is 1. The Morgan fingerprint density at radius 3 is 2.30 bits per heavy atom. The fourth-order valence-corrected chi connectivity index (χ4v) is 5.12. The number of benzene rings is 2. The Morgan fingerprint density at radius 2 is 1.73 bits per heavy atom. The summed E-state index contributed by atoms with van der Waals surface area (Å²) in [4.78, 5) is 12.5. The molecule has 0 saturated carbocycles. The van der Waals surface area contributed by atoms with E-state index in [1.165, 1.54) is 6.21 Å². The Morgan fingerprint density at radius 1 is 1.11 bits per heavy atom. The molecule has 12 heteroatoms. The number of nitrogens with one attached hydrogen (secondary N) is 1. The Balaban J connectivity index is 1.82. The van der Waals surface area contributed by atoms with Crippen LogP contribution in [0.3, 0.4) is 0 Å². The van der Waals surface area contributed by atoms with Crippen LogP contribution < -0.4 is 9.73 Å². The minimum atomic E-state index is -4.80. The van der Waals surface area contributed by atoms with E-state index in [0.717, 1.165) is 52.2 Å². The number of carbonyl (C=O) groups is 1. The van der Waals surface area contributed by atoms with Gasteiger partial charge in [0.25, 0.3) is 5.91 Å². The molecule has 37 heavy (non-hydrogen) atoms. The number of halogens is 4. The highest BCUT2D eigenvalue weighted by Crippen LogP contribution is 2.37. The third-order valence-corrected chi connectivity index (χ3v) is 7.23. The molecule has 1 amide bonds. The van der Waals surface area contributed by atoms with Crippen molar-refractivity contribution in [2.24, 2.45) is 5.10 Å². The summed E-state index contributed by atoms with van der Waals surface area (Å²) in [5, 5.41) is 3.35. The Kier molecular flexibility index (Phi) is 8.09. The number of anilines is 1. The normalized spacial score (nSPS) is 12.2. The van der Waals surface area contributed by atoms with Crippen LogP contribution in [0.5, 0.6) is 0 Å². The SMILES string of the molecule is Cc1cccc(C)c1-n1c(C)cc(/C=N/NC(=O)CN(c2ccc(Cl)c(C(F)(F)F)c2)S(C)(=O)=O)c1C. The van der Waals surface area contributed by atoms with Gasteiger partial charge in [-0.15, -0.1) is 0 Å². The summed E-state index contributed by atoms with van der Waals surface area (Å²) in [7, 11) is -4.11. The molecule has 0 atom stereocenters. The fourth-order valence-electron chi connectivity index (χ4n) is 4.05. The highest BCUT2D eigenvalue weighted by atomic mass is 35.5. The number of para-hydroxylation sites is 1. The average molecular weight is 555 g/mol. The molecular weight excluding hydrogens is 529 g/mol. The molecule has 2 aromatic carbocycles. The van der Waals surface area contributed by atoms with Gasteiger partial charge in [-0.2, -0.15) is 18.3 Å². The van der Waals surface area contributed by atoms with Gasteiger partial charge in [-0.05, 0) is 63.1 Å². The van der Waals surface area contributed by atoms with Gasteiger partial charge in [-0.1, -0.05) is 29.8 Å². The van der Waals surface area contributed by atoms with E-state index in [1.54, 1.807) is 0 Å². The number of hydrogen-bond acceptors (Lipinski definition) is 4. The molecule has 0 bridgehead atoms. The van der Waals surface area contributed by atoms with Gasteiger partial charge in [0.2, 0.25) is 10.0 Å². The standard InChI is InChI=1S/C25H26ClF3N4O3S/c1-15-7-6-8-16(2)24(15)33-17(3)11-19(18(33)4)13-30-31-23(34)14-32(37(5,35)36)20-9-10-22(26)21(12-20)25(27,28)29/h6-13H,14H2,1-5H3,(H,31,34)/b30-13+. The van der Waals surface area contributed by atoms with Crippen molar-refractivity contribution in [2.45, 2.75) is 33.9 Å². The summed E-state index contributed by atoms with van der Waals surface area (Å²) in [6, 6.07) is 10.5. The number of hydrazone groups is 1. The second kappa shape index (κ2) is 10.6. The molecular formula is C25H26ClF3N4O3S. The minimum Gasteiger partial charge on any atom is -0.317 e.